The fourth-order valence-corrected chi connectivity index (χ4v) is 2.85. The van der Waals surface area contributed by atoms with Crippen molar-refractivity contribution in [2.24, 2.45) is 5.73 Å². The van der Waals surface area contributed by atoms with Crippen LogP contribution in [0.2, 0.25) is 0 Å². The van der Waals surface area contributed by atoms with Crippen molar-refractivity contribution in [1.29, 1.82) is 0 Å². The lowest BCUT2D eigenvalue weighted by atomic mass is 9.97. The van der Waals surface area contributed by atoms with Crippen LogP contribution in [-0.2, 0) is 11.4 Å². The molecule has 1 saturated carbocycles. The topological polar surface area (TPSA) is 72.5 Å². The second kappa shape index (κ2) is 11.2. The van der Waals surface area contributed by atoms with Crippen molar-refractivity contribution >= 4 is 12.0 Å². The SMILES string of the molecule is CC(=Cc1ccc(OCc2ccccc2)cc1)C(=O)O.NC1CCCCC1. The van der Waals surface area contributed by atoms with Crippen LogP contribution in [0.25, 0.3) is 6.08 Å². The predicted molar refractivity (Wildman–Crippen MR) is 110 cm³/mol. The molecule has 144 valence electrons. The minimum absolute atomic E-state index is 0.308. The molecule has 3 rings (SSSR count). The number of carboxylic acids is 1. The molecule has 0 aromatic heterocycles. The molecule has 0 unspecified atom stereocenters. The van der Waals surface area contributed by atoms with Gasteiger partial charge in [-0.25, -0.2) is 4.79 Å². The molecular weight excluding hydrogens is 338 g/mol. The average Bonchev–Trinajstić information content (AvgIpc) is 2.69. The number of carbonyl (C=O) groups is 1. The van der Waals surface area contributed by atoms with Crippen molar-refractivity contribution in [3.05, 3.63) is 71.3 Å². The Hall–Kier alpha value is -2.59. The first-order valence-electron chi connectivity index (χ1n) is 9.48. The largest absolute Gasteiger partial charge is 0.489 e. The second-order valence-corrected chi connectivity index (χ2v) is 6.87. The van der Waals surface area contributed by atoms with Crippen molar-refractivity contribution in [3.63, 3.8) is 0 Å². The average molecular weight is 367 g/mol. The molecule has 4 nitrogen and oxygen atoms in total. The molecule has 0 bridgehead atoms. The predicted octanol–water partition coefficient (Wildman–Crippen LogP) is 5.03. The number of nitrogens with two attached hydrogens (primary N) is 1. The monoisotopic (exact) mass is 367 g/mol. The molecule has 0 spiro atoms. The molecule has 0 amide bonds. The van der Waals surface area contributed by atoms with Crippen molar-refractivity contribution < 1.29 is 14.6 Å². The number of rotatable bonds is 5. The Morgan fingerprint density at radius 2 is 1.70 bits per heavy atom. The maximum absolute atomic E-state index is 10.7. The summed E-state index contributed by atoms with van der Waals surface area (Å²) < 4.78 is 5.66. The van der Waals surface area contributed by atoms with Crippen LogP contribution in [0.3, 0.4) is 0 Å². The van der Waals surface area contributed by atoms with E-state index < -0.39 is 5.97 Å². The molecule has 0 saturated heterocycles. The Morgan fingerprint density at radius 1 is 1.07 bits per heavy atom. The van der Waals surface area contributed by atoms with Crippen LogP contribution in [-0.4, -0.2) is 17.1 Å². The van der Waals surface area contributed by atoms with E-state index >= 15 is 0 Å². The fourth-order valence-electron chi connectivity index (χ4n) is 2.85. The van der Waals surface area contributed by atoms with Crippen LogP contribution >= 0.6 is 0 Å². The summed E-state index contributed by atoms with van der Waals surface area (Å²) >= 11 is 0. The lowest BCUT2D eigenvalue weighted by Crippen LogP contribution is -2.22. The number of benzene rings is 2. The van der Waals surface area contributed by atoms with E-state index in [0.29, 0.717) is 18.2 Å². The van der Waals surface area contributed by atoms with E-state index in [4.69, 9.17) is 15.6 Å². The third-order valence-electron chi connectivity index (χ3n) is 4.50. The van der Waals surface area contributed by atoms with Gasteiger partial charge in [-0.3, -0.25) is 0 Å². The van der Waals surface area contributed by atoms with Gasteiger partial charge in [0.05, 0.1) is 0 Å². The smallest absolute Gasteiger partial charge is 0.331 e. The van der Waals surface area contributed by atoms with Crippen LogP contribution in [0.15, 0.2) is 60.2 Å². The fraction of sp³-hybridized carbons (Fsp3) is 0.348. The zero-order valence-electron chi connectivity index (χ0n) is 15.9. The summed E-state index contributed by atoms with van der Waals surface area (Å²) in [6, 6.07) is 17.8. The van der Waals surface area contributed by atoms with Gasteiger partial charge in [0.1, 0.15) is 12.4 Å². The summed E-state index contributed by atoms with van der Waals surface area (Å²) in [6.45, 7) is 2.09. The first kappa shape index (κ1) is 20.7. The van der Waals surface area contributed by atoms with Crippen LogP contribution in [0.4, 0.5) is 0 Å². The summed E-state index contributed by atoms with van der Waals surface area (Å²) in [5.41, 5.74) is 7.90. The quantitative estimate of drug-likeness (QED) is 0.727. The van der Waals surface area contributed by atoms with Crippen molar-refractivity contribution in [2.75, 3.05) is 0 Å². The van der Waals surface area contributed by atoms with E-state index in [9.17, 15) is 4.79 Å². The van der Waals surface area contributed by atoms with Crippen LogP contribution in [0.5, 0.6) is 5.75 Å². The Labute approximate surface area is 161 Å². The van der Waals surface area contributed by atoms with Gasteiger partial charge in [-0.1, -0.05) is 61.7 Å². The molecule has 0 radical (unpaired) electrons. The lowest BCUT2D eigenvalue weighted by molar-refractivity contribution is -0.132. The van der Waals surface area contributed by atoms with Gasteiger partial charge in [0.25, 0.3) is 0 Å². The number of hydrogen-bond donors (Lipinski definition) is 2. The summed E-state index contributed by atoms with van der Waals surface area (Å²) in [7, 11) is 0. The minimum Gasteiger partial charge on any atom is -0.489 e. The third kappa shape index (κ3) is 8.09. The second-order valence-electron chi connectivity index (χ2n) is 6.87. The summed E-state index contributed by atoms with van der Waals surface area (Å²) in [5, 5.41) is 8.82. The number of aliphatic carboxylic acids is 1. The Morgan fingerprint density at radius 3 is 2.22 bits per heavy atom. The molecule has 2 aromatic rings. The van der Waals surface area contributed by atoms with Gasteiger partial charge in [-0.05, 0) is 49.1 Å². The van der Waals surface area contributed by atoms with Gasteiger partial charge in [-0.15, -0.1) is 0 Å². The zero-order valence-corrected chi connectivity index (χ0v) is 15.9. The first-order chi connectivity index (χ1) is 13.0. The Balaban J connectivity index is 0.000000313. The highest BCUT2D eigenvalue weighted by Crippen LogP contribution is 2.16. The number of hydrogen-bond acceptors (Lipinski definition) is 3. The highest BCUT2D eigenvalue weighted by atomic mass is 16.5. The van der Waals surface area contributed by atoms with Gasteiger partial charge in [0.2, 0.25) is 0 Å². The van der Waals surface area contributed by atoms with Gasteiger partial charge in [0.15, 0.2) is 0 Å². The molecule has 1 aliphatic rings. The number of ether oxygens (including phenoxy) is 1. The maximum atomic E-state index is 10.7. The lowest BCUT2D eigenvalue weighted by Gasteiger charge is -2.15. The molecule has 4 heteroatoms. The van der Waals surface area contributed by atoms with Gasteiger partial charge >= 0.3 is 5.97 Å². The molecule has 0 atom stereocenters. The molecule has 1 fully saturated rings. The normalized spacial score (nSPS) is 14.8. The summed E-state index contributed by atoms with van der Waals surface area (Å²) in [5.74, 6) is -0.145. The van der Waals surface area contributed by atoms with E-state index in [1.165, 1.54) is 32.1 Å². The van der Waals surface area contributed by atoms with Crippen molar-refractivity contribution in [2.45, 2.75) is 51.7 Å². The van der Waals surface area contributed by atoms with E-state index in [0.717, 1.165) is 16.9 Å². The zero-order chi connectivity index (χ0) is 19.5. The van der Waals surface area contributed by atoms with Crippen LogP contribution in [0, 0.1) is 0 Å². The van der Waals surface area contributed by atoms with E-state index in [1.807, 2.05) is 54.6 Å². The minimum atomic E-state index is -0.908. The summed E-state index contributed by atoms with van der Waals surface area (Å²) in [6.07, 6.45) is 8.29. The van der Waals surface area contributed by atoms with Crippen LogP contribution < -0.4 is 10.5 Å². The molecular formula is C23H29NO3. The molecule has 3 N–H and O–H groups in total. The highest BCUT2D eigenvalue weighted by Gasteiger charge is 2.06. The molecule has 1 aliphatic carbocycles. The van der Waals surface area contributed by atoms with Crippen molar-refractivity contribution in [3.8, 4) is 5.75 Å². The molecule has 0 heterocycles. The van der Waals surface area contributed by atoms with E-state index in [-0.39, 0.29) is 0 Å². The Kier molecular flexibility index (Phi) is 8.59. The number of carboxylic acid groups (broad SMARTS) is 1. The molecule has 27 heavy (non-hydrogen) atoms. The first-order valence-corrected chi connectivity index (χ1v) is 9.48. The van der Waals surface area contributed by atoms with Crippen molar-refractivity contribution in [1.82, 2.24) is 0 Å². The Bertz CT molecular complexity index is 717. The highest BCUT2D eigenvalue weighted by molar-refractivity contribution is 5.91. The van der Waals surface area contributed by atoms with E-state index in [1.54, 1.807) is 13.0 Å². The van der Waals surface area contributed by atoms with Crippen LogP contribution in [0.1, 0.15) is 50.2 Å². The van der Waals surface area contributed by atoms with Gasteiger partial charge < -0.3 is 15.6 Å². The molecule has 2 aromatic carbocycles. The van der Waals surface area contributed by atoms with Gasteiger partial charge in [-0.2, -0.15) is 0 Å². The van der Waals surface area contributed by atoms with E-state index in [2.05, 4.69) is 0 Å². The standard InChI is InChI=1S/C17H16O3.C6H13N/c1-13(17(18)19)11-14-7-9-16(10-8-14)20-12-15-5-3-2-4-6-15;7-6-4-2-1-3-5-6/h2-11H,12H2,1H3,(H,18,19);6H,1-5,7H2. The van der Waals surface area contributed by atoms with Gasteiger partial charge in [0, 0.05) is 11.6 Å². The molecule has 0 aliphatic heterocycles. The third-order valence-corrected chi connectivity index (χ3v) is 4.50. The maximum Gasteiger partial charge on any atom is 0.331 e. The summed E-state index contributed by atoms with van der Waals surface area (Å²) in [4.78, 5) is 10.7.